The van der Waals surface area contributed by atoms with Gasteiger partial charge in [-0.1, -0.05) is 99.6 Å². The van der Waals surface area contributed by atoms with Crippen LogP contribution in [0.15, 0.2) is 30.3 Å². The van der Waals surface area contributed by atoms with Gasteiger partial charge >= 0.3 is 0 Å². The Kier molecular flexibility index (Phi) is 5.13. The summed E-state index contributed by atoms with van der Waals surface area (Å²) in [4.78, 5) is 5.40. The molecule has 0 saturated heterocycles. The van der Waals surface area contributed by atoms with Crippen LogP contribution in [-0.2, 0) is 10.8 Å². The fraction of sp³-hybridized carbons (Fsp3) is 0.485. The van der Waals surface area contributed by atoms with Crippen LogP contribution in [0.25, 0.3) is 39.6 Å². The number of pyridine rings is 1. The molecule has 0 radical (unpaired) electrons. The number of hydrogen-bond acceptors (Lipinski definition) is 1. The van der Waals surface area contributed by atoms with Gasteiger partial charge in [-0.15, -0.1) is 0 Å². The van der Waals surface area contributed by atoms with Crippen LogP contribution in [0, 0.1) is 11.3 Å². The van der Waals surface area contributed by atoms with E-state index in [0.717, 1.165) is 11.2 Å². The van der Waals surface area contributed by atoms with Crippen LogP contribution in [0.4, 0.5) is 0 Å². The first-order chi connectivity index (χ1) is 16.3. The van der Waals surface area contributed by atoms with E-state index >= 15 is 0 Å². The number of fused-ring (bicyclic) bond motifs is 6. The summed E-state index contributed by atoms with van der Waals surface area (Å²) in [6, 6.07) is 11.7. The smallest absolute Gasteiger partial charge is 0.146 e. The highest BCUT2D eigenvalue weighted by Crippen LogP contribution is 2.61. The molecule has 1 aliphatic rings. The van der Waals surface area contributed by atoms with Crippen LogP contribution in [0.5, 0.6) is 0 Å². The fourth-order valence-electron chi connectivity index (χ4n) is 6.59. The van der Waals surface area contributed by atoms with Crippen LogP contribution in [0.3, 0.4) is 0 Å². The van der Waals surface area contributed by atoms with E-state index in [1.54, 1.807) is 0 Å². The molecule has 2 aromatic carbocycles. The first kappa shape index (κ1) is 24.1. The zero-order valence-electron chi connectivity index (χ0n) is 23.6. The molecule has 0 amide bonds. The monoisotopic (exact) mass is 466 g/mol. The summed E-state index contributed by atoms with van der Waals surface area (Å²) in [5, 5.41) is 5.18. The van der Waals surface area contributed by atoms with E-state index in [9.17, 15) is 0 Å². The maximum Gasteiger partial charge on any atom is 0.146 e. The maximum atomic E-state index is 5.40. The number of hydrogen-bond donors (Lipinski definition) is 0. The summed E-state index contributed by atoms with van der Waals surface area (Å²) in [7, 11) is 0. The summed E-state index contributed by atoms with van der Waals surface area (Å²) in [6.45, 7) is 25.8. The van der Waals surface area contributed by atoms with Crippen molar-refractivity contribution >= 4 is 39.6 Å². The maximum absolute atomic E-state index is 5.40. The van der Waals surface area contributed by atoms with E-state index in [4.69, 9.17) is 4.98 Å². The van der Waals surface area contributed by atoms with Gasteiger partial charge in [-0.3, -0.25) is 4.40 Å². The molecule has 2 nitrogen and oxygen atoms in total. The Bertz CT molecular complexity index is 1620. The van der Waals surface area contributed by atoms with Crippen LogP contribution in [-0.4, -0.2) is 9.38 Å². The molecule has 0 saturated carbocycles. The molecule has 2 heterocycles. The minimum absolute atomic E-state index is 0.0613. The van der Waals surface area contributed by atoms with Crippen molar-refractivity contribution in [1.82, 2.24) is 9.38 Å². The first-order valence-electron chi connectivity index (χ1n) is 13.4. The van der Waals surface area contributed by atoms with E-state index in [1.165, 1.54) is 43.5 Å². The Morgan fingerprint density at radius 1 is 0.886 bits per heavy atom. The molecule has 0 spiro atoms. The fourth-order valence-corrected chi connectivity index (χ4v) is 6.59. The number of imidazole rings is 1. The normalized spacial score (nSPS) is 19.7. The van der Waals surface area contributed by atoms with Gasteiger partial charge in [0, 0.05) is 10.6 Å². The van der Waals surface area contributed by atoms with E-state index < -0.39 is 0 Å². The third-order valence-electron chi connectivity index (χ3n) is 9.79. The van der Waals surface area contributed by atoms with Gasteiger partial charge in [0.25, 0.3) is 0 Å². The van der Waals surface area contributed by atoms with Gasteiger partial charge in [-0.2, -0.15) is 0 Å². The number of rotatable bonds is 2. The molecule has 0 unspecified atom stereocenters. The lowest BCUT2D eigenvalue weighted by Crippen LogP contribution is -2.42. The average Bonchev–Trinajstić information content (AvgIpc) is 3.19. The van der Waals surface area contributed by atoms with Crippen molar-refractivity contribution in [2.24, 2.45) is 11.3 Å². The molecule has 0 atom stereocenters. The second-order valence-corrected chi connectivity index (χ2v) is 13.0. The summed E-state index contributed by atoms with van der Waals surface area (Å²) in [5.74, 6) is 0.861. The molecule has 0 fully saturated rings. The van der Waals surface area contributed by atoms with Crippen molar-refractivity contribution in [2.45, 2.75) is 92.9 Å². The number of nitrogens with zero attached hydrogens (tertiary/aromatic N) is 2. The number of aromatic nitrogens is 2. The Morgan fingerprint density at radius 2 is 1.51 bits per heavy atom. The highest BCUT2D eigenvalue weighted by Gasteiger charge is 2.56. The average molecular weight is 467 g/mol. The minimum atomic E-state index is 0.0613. The van der Waals surface area contributed by atoms with Crippen LogP contribution >= 0.6 is 0 Å². The second-order valence-electron chi connectivity index (χ2n) is 13.0. The SMILES string of the molecule is C/C=c1\c(=C/C(C)C)n2c3cc4c(cc3nc2c2c(C(C)C)cccc12)C(C)(C)C(C)(C)C4(C)C. The van der Waals surface area contributed by atoms with Gasteiger partial charge in [0.15, 0.2) is 0 Å². The van der Waals surface area contributed by atoms with Crippen molar-refractivity contribution in [1.29, 1.82) is 0 Å². The third kappa shape index (κ3) is 2.98. The molecular formula is C33H42N2. The van der Waals surface area contributed by atoms with Crippen molar-refractivity contribution in [3.63, 3.8) is 0 Å². The predicted molar refractivity (Wildman–Crippen MR) is 153 cm³/mol. The summed E-state index contributed by atoms with van der Waals surface area (Å²) in [5.41, 5.74) is 7.99. The number of benzene rings is 2. The van der Waals surface area contributed by atoms with Gasteiger partial charge in [-0.05, 0) is 69.2 Å². The minimum Gasteiger partial charge on any atom is -0.292 e. The quantitative estimate of drug-likeness (QED) is 0.297. The molecule has 4 aromatic rings. The van der Waals surface area contributed by atoms with Gasteiger partial charge < -0.3 is 0 Å². The van der Waals surface area contributed by atoms with Gasteiger partial charge in [0.2, 0.25) is 0 Å². The Balaban J connectivity index is 2.10. The van der Waals surface area contributed by atoms with E-state index in [0.29, 0.717) is 11.8 Å². The van der Waals surface area contributed by atoms with Crippen molar-refractivity contribution < 1.29 is 0 Å². The molecule has 2 heteroatoms. The zero-order chi connectivity index (χ0) is 25.7. The molecule has 35 heavy (non-hydrogen) atoms. The molecule has 0 aliphatic heterocycles. The largest absolute Gasteiger partial charge is 0.292 e. The van der Waals surface area contributed by atoms with E-state index in [2.05, 4.69) is 123 Å². The molecule has 5 rings (SSSR count). The lowest BCUT2D eigenvalue weighted by Gasteiger charge is -2.44. The molecule has 1 aliphatic carbocycles. The van der Waals surface area contributed by atoms with Crippen LogP contribution in [0.1, 0.15) is 98.8 Å². The van der Waals surface area contributed by atoms with E-state index in [1.807, 2.05) is 0 Å². The molecule has 2 aromatic heterocycles. The summed E-state index contributed by atoms with van der Waals surface area (Å²) in [6.07, 6.45) is 4.70. The molecule has 184 valence electrons. The standard InChI is InChI=1S/C33H42N2/c1-12-21-23-15-13-14-22(20(4)5)29(23)30-34-26-17-24-25(32(8,9)33(10,11)31(24,6)7)18-28(26)35(30)27(21)16-19(2)3/h12-20H,1-11H3/b21-12-,27-16+. The van der Waals surface area contributed by atoms with Gasteiger partial charge in [0.05, 0.1) is 16.4 Å². The van der Waals surface area contributed by atoms with Gasteiger partial charge in [0.1, 0.15) is 5.65 Å². The second kappa shape index (κ2) is 7.45. The molecular weight excluding hydrogens is 424 g/mol. The summed E-state index contributed by atoms with van der Waals surface area (Å²) < 4.78 is 2.47. The highest BCUT2D eigenvalue weighted by atomic mass is 15.0. The van der Waals surface area contributed by atoms with E-state index in [-0.39, 0.29) is 16.2 Å². The van der Waals surface area contributed by atoms with Crippen molar-refractivity contribution in [2.75, 3.05) is 0 Å². The first-order valence-corrected chi connectivity index (χ1v) is 13.4. The Labute approximate surface area is 210 Å². The van der Waals surface area contributed by atoms with Crippen molar-refractivity contribution in [3.05, 3.63) is 57.6 Å². The topological polar surface area (TPSA) is 17.3 Å². The predicted octanol–water partition coefficient (Wildman–Crippen LogP) is 7.60. The highest BCUT2D eigenvalue weighted by molar-refractivity contribution is 6.01. The summed E-state index contributed by atoms with van der Waals surface area (Å²) >= 11 is 0. The van der Waals surface area contributed by atoms with Crippen LogP contribution in [0.2, 0.25) is 0 Å². The zero-order valence-corrected chi connectivity index (χ0v) is 23.6. The Hall–Kier alpha value is -2.61. The third-order valence-corrected chi connectivity index (χ3v) is 9.79. The lowest BCUT2D eigenvalue weighted by atomic mass is 9.59. The van der Waals surface area contributed by atoms with Gasteiger partial charge in [-0.25, -0.2) is 4.98 Å². The Morgan fingerprint density at radius 3 is 2.09 bits per heavy atom. The molecule has 0 N–H and O–H groups in total. The molecule has 0 bridgehead atoms. The van der Waals surface area contributed by atoms with Crippen molar-refractivity contribution in [3.8, 4) is 0 Å². The lowest BCUT2D eigenvalue weighted by molar-refractivity contribution is 0.125. The van der Waals surface area contributed by atoms with Crippen LogP contribution < -0.4 is 10.6 Å².